The van der Waals surface area contributed by atoms with Gasteiger partial charge in [-0.1, -0.05) is 26.7 Å². The van der Waals surface area contributed by atoms with Crippen LogP contribution < -0.4 is 5.73 Å². The smallest absolute Gasteiger partial charge is 0.0147 e. The molecule has 1 unspecified atom stereocenters. The van der Waals surface area contributed by atoms with Crippen LogP contribution in [0.4, 0.5) is 0 Å². The van der Waals surface area contributed by atoms with Crippen molar-refractivity contribution < 1.29 is 0 Å². The molecule has 0 aliphatic heterocycles. The van der Waals surface area contributed by atoms with E-state index < -0.39 is 0 Å². The van der Waals surface area contributed by atoms with Gasteiger partial charge < -0.3 is 10.6 Å². The fraction of sp³-hybridized carbons (Fsp3) is 1.00. The third kappa shape index (κ3) is 7.05. The van der Waals surface area contributed by atoms with Gasteiger partial charge in [-0.15, -0.1) is 0 Å². The van der Waals surface area contributed by atoms with E-state index in [1.807, 2.05) is 0 Å². The molecule has 2 N–H and O–H groups in total. The van der Waals surface area contributed by atoms with Gasteiger partial charge in [0, 0.05) is 5.54 Å². The van der Waals surface area contributed by atoms with Crippen molar-refractivity contribution in [3.8, 4) is 0 Å². The molecule has 0 bridgehead atoms. The molecule has 0 fully saturated rings. The lowest BCUT2D eigenvalue weighted by molar-refractivity contribution is 0.145. The molecule has 0 rings (SSSR count). The average molecular weight is 242 g/mol. The quantitative estimate of drug-likeness (QED) is 0.633. The topological polar surface area (TPSA) is 29.3 Å². The molecule has 0 aromatic heterocycles. The highest BCUT2D eigenvalue weighted by Crippen LogP contribution is 2.20. The predicted molar refractivity (Wildman–Crippen MR) is 78.3 cm³/mol. The molecule has 17 heavy (non-hydrogen) atoms. The van der Waals surface area contributed by atoms with Crippen LogP contribution in [-0.2, 0) is 0 Å². The lowest BCUT2D eigenvalue weighted by atomic mass is 9.93. The van der Waals surface area contributed by atoms with Gasteiger partial charge in [0.25, 0.3) is 0 Å². The molecule has 0 spiro atoms. The number of hydrogen-bond acceptors (Lipinski definition) is 2. The van der Waals surface area contributed by atoms with Gasteiger partial charge in [-0.2, -0.15) is 0 Å². The van der Waals surface area contributed by atoms with Crippen LogP contribution >= 0.6 is 0 Å². The second-order valence-corrected chi connectivity index (χ2v) is 5.96. The van der Waals surface area contributed by atoms with Gasteiger partial charge in [-0.25, -0.2) is 0 Å². The zero-order valence-corrected chi connectivity index (χ0v) is 12.8. The van der Waals surface area contributed by atoms with Gasteiger partial charge >= 0.3 is 0 Å². The van der Waals surface area contributed by atoms with Crippen LogP contribution in [0.25, 0.3) is 0 Å². The Morgan fingerprint density at radius 3 is 2.24 bits per heavy atom. The van der Waals surface area contributed by atoms with E-state index in [-0.39, 0.29) is 0 Å². The zero-order chi connectivity index (χ0) is 13.3. The van der Waals surface area contributed by atoms with Crippen LogP contribution in [0.1, 0.15) is 66.2 Å². The van der Waals surface area contributed by atoms with E-state index in [9.17, 15) is 0 Å². The second-order valence-electron chi connectivity index (χ2n) is 5.96. The first-order chi connectivity index (χ1) is 7.97. The summed E-state index contributed by atoms with van der Waals surface area (Å²) in [6.45, 7) is 11.3. The minimum absolute atomic E-state index is 0.341. The van der Waals surface area contributed by atoms with Crippen molar-refractivity contribution in [1.82, 2.24) is 4.90 Å². The molecule has 0 amide bonds. The van der Waals surface area contributed by atoms with E-state index in [1.54, 1.807) is 0 Å². The van der Waals surface area contributed by atoms with Gasteiger partial charge in [0.2, 0.25) is 0 Å². The minimum atomic E-state index is 0.341. The molecular formula is C15H34N2. The largest absolute Gasteiger partial charge is 0.330 e. The summed E-state index contributed by atoms with van der Waals surface area (Å²) in [5, 5.41) is 0. The van der Waals surface area contributed by atoms with Crippen LogP contribution in [0, 0.1) is 5.92 Å². The van der Waals surface area contributed by atoms with Gasteiger partial charge in [0.15, 0.2) is 0 Å². The fourth-order valence-electron chi connectivity index (χ4n) is 2.27. The lowest BCUT2D eigenvalue weighted by Crippen LogP contribution is -2.41. The maximum atomic E-state index is 5.67. The summed E-state index contributed by atoms with van der Waals surface area (Å²) in [4.78, 5) is 2.50. The van der Waals surface area contributed by atoms with Crippen molar-refractivity contribution in [2.45, 2.75) is 71.8 Å². The molecule has 0 aromatic rings. The van der Waals surface area contributed by atoms with E-state index in [0.717, 1.165) is 12.5 Å². The van der Waals surface area contributed by atoms with Crippen molar-refractivity contribution in [1.29, 1.82) is 0 Å². The minimum Gasteiger partial charge on any atom is -0.330 e. The Morgan fingerprint density at radius 2 is 1.76 bits per heavy atom. The Balaban J connectivity index is 3.87. The molecule has 0 aromatic carbocycles. The highest BCUT2D eigenvalue weighted by Gasteiger charge is 2.20. The summed E-state index contributed by atoms with van der Waals surface area (Å²) < 4.78 is 0. The lowest BCUT2D eigenvalue weighted by Gasteiger charge is -2.35. The molecule has 2 heteroatoms. The molecule has 0 aliphatic carbocycles. The molecule has 0 heterocycles. The van der Waals surface area contributed by atoms with Crippen molar-refractivity contribution in [3.05, 3.63) is 0 Å². The number of rotatable bonds is 10. The van der Waals surface area contributed by atoms with Crippen molar-refractivity contribution in [2.24, 2.45) is 11.7 Å². The first-order valence-electron chi connectivity index (χ1n) is 7.39. The number of nitrogens with two attached hydrogens (primary N) is 1. The molecule has 0 saturated carbocycles. The van der Waals surface area contributed by atoms with Crippen molar-refractivity contribution in [2.75, 3.05) is 20.1 Å². The van der Waals surface area contributed by atoms with Gasteiger partial charge in [-0.05, 0) is 65.6 Å². The van der Waals surface area contributed by atoms with Crippen LogP contribution in [-0.4, -0.2) is 30.6 Å². The van der Waals surface area contributed by atoms with E-state index in [4.69, 9.17) is 5.73 Å². The summed E-state index contributed by atoms with van der Waals surface area (Å²) in [5.41, 5.74) is 6.01. The zero-order valence-electron chi connectivity index (χ0n) is 12.8. The van der Waals surface area contributed by atoms with Crippen LogP contribution in [0.15, 0.2) is 0 Å². The van der Waals surface area contributed by atoms with Gasteiger partial charge in [-0.3, -0.25) is 0 Å². The summed E-state index contributed by atoms with van der Waals surface area (Å²) in [6.07, 6.45) is 7.71. The summed E-state index contributed by atoms with van der Waals surface area (Å²) in [6, 6.07) is 0. The standard InChI is InChI=1S/C15H34N2/c1-6-9-14(11-12-16)10-8-13-17(5)15(3,4)7-2/h14H,6-13,16H2,1-5H3. The first kappa shape index (κ1) is 16.9. The Labute approximate surface area is 109 Å². The number of hydrogen-bond donors (Lipinski definition) is 1. The Hall–Kier alpha value is -0.0800. The van der Waals surface area contributed by atoms with Crippen molar-refractivity contribution >= 4 is 0 Å². The normalized spacial score (nSPS) is 14.3. The van der Waals surface area contributed by atoms with Gasteiger partial charge in [0.05, 0.1) is 0 Å². The molecule has 2 nitrogen and oxygen atoms in total. The maximum Gasteiger partial charge on any atom is 0.0147 e. The van der Waals surface area contributed by atoms with Gasteiger partial charge in [0.1, 0.15) is 0 Å². The Morgan fingerprint density at radius 1 is 1.12 bits per heavy atom. The van der Waals surface area contributed by atoms with E-state index in [1.165, 1.54) is 45.1 Å². The third-order valence-electron chi connectivity index (χ3n) is 4.28. The molecule has 0 radical (unpaired) electrons. The maximum absolute atomic E-state index is 5.67. The Kier molecular flexibility index (Phi) is 8.89. The molecule has 1 atom stereocenters. The summed E-state index contributed by atoms with van der Waals surface area (Å²) in [7, 11) is 2.25. The van der Waals surface area contributed by atoms with Crippen LogP contribution in [0.3, 0.4) is 0 Å². The average Bonchev–Trinajstić information content (AvgIpc) is 2.29. The van der Waals surface area contributed by atoms with Crippen LogP contribution in [0.2, 0.25) is 0 Å². The highest BCUT2D eigenvalue weighted by atomic mass is 15.2. The SMILES string of the molecule is CCCC(CCN)CCCN(C)C(C)(C)CC. The van der Waals surface area contributed by atoms with E-state index >= 15 is 0 Å². The fourth-order valence-corrected chi connectivity index (χ4v) is 2.27. The van der Waals surface area contributed by atoms with Crippen molar-refractivity contribution in [3.63, 3.8) is 0 Å². The highest BCUT2D eigenvalue weighted by molar-refractivity contribution is 4.77. The van der Waals surface area contributed by atoms with E-state index in [2.05, 4.69) is 39.6 Å². The monoisotopic (exact) mass is 242 g/mol. The molecule has 0 aliphatic rings. The second kappa shape index (κ2) is 8.93. The van der Waals surface area contributed by atoms with E-state index in [0.29, 0.717) is 5.54 Å². The predicted octanol–water partition coefficient (Wildman–Crippen LogP) is 3.65. The van der Waals surface area contributed by atoms with Crippen LogP contribution in [0.5, 0.6) is 0 Å². The molecule has 104 valence electrons. The molecule has 0 saturated heterocycles. The number of nitrogens with zero attached hydrogens (tertiary/aromatic N) is 1. The molecular weight excluding hydrogens is 208 g/mol. The summed E-state index contributed by atoms with van der Waals surface area (Å²) in [5.74, 6) is 0.850. The Bertz CT molecular complexity index is 172. The first-order valence-corrected chi connectivity index (χ1v) is 7.39. The summed E-state index contributed by atoms with van der Waals surface area (Å²) >= 11 is 0. The third-order valence-corrected chi connectivity index (χ3v) is 4.28.